The molecule has 0 saturated carbocycles. The van der Waals surface area contributed by atoms with Gasteiger partial charge >= 0.3 is 5.97 Å². The van der Waals surface area contributed by atoms with E-state index >= 15 is 0 Å². The summed E-state index contributed by atoms with van der Waals surface area (Å²) in [5.41, 5.74) is 0.506. The van der Waals surface area contributed by atoms with E-state index in [0.29, 0.717) is 24.1 Å². The van der Waals surface area contributed by atoms with E-state index < -0.39 is 0 Å². The van der Waals surface area contributed by atoms with Gasteiger partial charge in [-0.3, -0.25) is 0 Å². The van der Waals surface area contributed by atoms with Crippen LogP contribution in [0.25, 0.3) is 0 Å². The molecule has 2 rings (SSSR count). The number of hydrogen-bond acceptors (Lipinski definition) is 2. The number of piperidine rings is 2. The van der Waals surface area contributed by atoms with Crippen LogP contribution >= 0.6 is 0 Å². The Morgan fingerprint density at radius 2 is 1.95 bits per heavy atom. The van der Waals surface area contributed by atoms with Crippen molar-refractivity contribution in [2.75, 3.05) is 26.7 Å². The van der Waals surface area contributed by atoms with Gasteiger partial charge in [0, 0.05) is 17.9 Å². The maximum absolute atomic E-state index is 11.5. The second-order valence-electron chi connectivity index (χ2n) is 6.27. The fraction of sp³-hybridized carbons (Fsp3) is 0.800. The molecule has 0 spiro atoms. The van der Waals surface area contributed by atoms with E-state index in [2.05, 4.69) is 13.6 Å². The Hall–Kier alpha value is -0.100. The van der Waals surface area contributed by atoms with Crippen LogP contribution in [0, 0.1) is 5.92 Å². The molecular weight excluding hydrogens is 353 g/mol. The Balaban J connectivity index is 0.00000180. The standard InChI is InChI=1S/C15H26NO2.HI/c1-12(2)15(17)18-11-13-7-6-10-16(3)9-5-4-8-14(13)16;/h13-14H,1,4-11H2,2-3H3;1H/q+1;/p-1/t13-,14+,16-;/m1./s1. The fourth-order valence-corrected chi connectivity index (χ4v) is 3.73. The van der Waals surface area contributed by atoms with Crippen molar-refractivity contribution >= 4 is 5.97 Å². The third-order valence-electron chi connectivity index (χ3n) is 4.78. The van der Waals surface area contributed by atoms with Gasteiger partial charge in [-0.1, -0.05) is 6.58 Å². The van der Waals surface area contributed by atoms with Crippen LogP contribution < -0.4 is 24.0 Å². The van der Waals surface area contributed by atoms with Gasteiger partial charge in [0.1, 0.15) is 6.61 Å². The highest BCUT2D eigenvalue weighted by molar-refractivity contribution is 5.86. The summed E-state index contributed by atoms with van der Waals surface area (Å²) in [5, 5.41) is 0. The second-order valence-corrected chi connectivity index (χ2v) is 6.27. The van der Waals surface area contributed by atoms with Gasteiger partial charge < -0.3 is 33.2 Å². The highest BCUT2D eigenvalue weighted by Crippen LogP contribution is 2.36. The average molecular weight is 379 g/mol. The van der Waals surface area contributed by atoms with E-state index in [1.807, 2.05) is 0 Å². The second kappa shape index (κ2) is 7.07. The third-order valence-corrected chi connectivity index (χ3v) is 4.78. The highest BCUT2D eigenvalue weighted by atomic mass is 127. The zero-order chi connectivity index (χ0) is 13.2. The van der Waals surface area contributed by atoms with Crippen molar-refractivity contribution < 1.29 is 38.0 Å². The molecule has 3 nitrogen and oxygen atoms in total. The van der Waals surface area contributed by atoms with Gasteiger partial charge in [0.2, 0.25) is 0 Å². The summed E-state index contributed by atoms with van der Waals surface area (Å²) in [7, 11) is 2.39. The molecule has 2 aliphatic heterocycles. The van der Waals surface area contributed by atoms with E-state index in [4.69, 9.17) is 4.74 Å². The van der Waals surface area contributed by atoms with Crippen molar-refractivity contribution in [3.63, 3.8) is 0 Å². The number of fused-ring (bicyclic) bond motifs is 1. The molecule has 3 atom stereocenters. The summed E-state index contributed by atoms with van der Waals surface area (Å²) in [6.07, 6.45) is 6.46. The zero-order valence-electron chi connectivity index (χ0n) is 12.2. The molecule has 0 N–H and O–H groups in total. The van der Waals surface area contributed by atoms with Gasteiger partial charge in [-0.15, -0.1) is 0 Å². The minimum Gasteiger partial charge on any atom is -1.00 e. The smallest absolute Gasteiger partial charge is 0.333 e. The minimum absolute atomic E-state index is 0. The molecule has 19 heavy (non-hydrogen) atoms. The number of hydrogen-bond donors (Lipinski definition) is 0. The Morgan fingerprint density at radius 3 is 2.63 bits per heavy atom. The van der Waals surface area contributed by atoms with Crippen molar-refractivity contribution in [1.29, 1.82) is 0 Å². The predicted molar refractivity (Wildman–Crippen MR) is 72.1 cm³/mol. The highest BCUT2D eigenvalue weighted by Gasteiger charge is 2.43. The maximum Gasteiger partial charge on any atom is 0.333 e. The number of rotatable bonds is 3. The normalized spacial score (nSPS) is 33.8. The van der Waals surface area contributed by atoms with Gasteiger partial charge in [0.25, 0.3) is 0 Å². The van der Waals surface area contributed by atoms with Gasteiger partial charge in [-0.05, 0) is 32.6 Å². The summed E-state index contributed by atoms with van der Waals surface area (Å²) >= 11 is 0. The molecule has 0 amide bonds. The Kier molecular flexibility index (Phi) is 6.30. The van der Waals surface area contributed by atoms with Gasteiger partial charge in [0.15, 0.2) is 0 Å². The number of carbonyl (C=O) groups is 1. The lowest BCUT2D eigenvalue weighted by Crippen LogP contribution is -3.00. The summed E-state index contributed by atoms with van der Waals surface area (Å²) in [4.78, 5) is 11.5. The molecule has 2 heterocycles. The molecule has 0 aromatic heterocycles. The quantitative estimate of drug-likeness (QED) is 0.287. The van der Waals surface area contributed by atoms with E-state index in [0.717, 1.165) is 0 Å². The number of ether oxygens (including phenoxy) is 1. The number of esters is 1. The topological polar surface area (TPSA) is 26.3 Å². The Morgan fingerprint density at radius 1 is 1.26 bits per heavy atom. The monoisotopic (exact) mass is 379 g/mol. The molecular formula is C15H26INO2. The maximum atomic E-state index is 11.5. The van der Waals surface area contributed by atoms with Crippen LogP contribution in [-0.2, 0) is 9.53 Å². The van der Waals surface area contributed by atoms with E-state index in [1.54, 1.807) is 6.92 Å². The lowest BCUT2D eigenvalue weighted by molar-refractivity contribution is -0.947. The summed E-state index contributed by atoms with van der Waals surface area (Å²) in [6, 6.07) is 0.699. The van der Waals surface area contributed by atoms with Crippen molar-refractivity contribution in [1.82, 2.24) is 0 Å². The van der Waals surface area contributed by atoms with Crippen molar-refractivity contribution in [3.8, 4) is 0 Å². The lowest BCUT2D eigenvalue weighted by atomic mass is 9.82. The number of carbonyl (C=O) groups excluding carboxylic acids is 1. The molecule has 0 aromatic carbocycles. The summed E-state index contributed by atoms with van der Waals surface area (Å²) in [5.74, 6) is 0.318. The molecule has 2 aliphatic rings. The van der Waals surface area contributed by atoms with Crippen LogP contribution in [0.15, 0.2) is 12.2 Å². The van der Waals surface area contributed by atoms with Crippen LogP contribution in [0.2, 0.25) is 0 Å². The van der Waals surface area contributed by atoms with Crippen LogP contribution in [0.3, 0.4) is 0 Å². The first-order valence-electron chi connectivity index (χ1n) is 7.20. The van der Waals surface area contributed by atoms with Crippen LogP contribution in [0.5, 0.6) is 0 Å². The fourth-order valence-electron chi connectivity index (χ4n) is 3.73. The summed E-state index contributed by atoms with van der Waals surface area (Å²) in [6.45, 7) is 8.54. The van der Waals surface area contributed by atoms with Crippen molar-refractivity contribution in [2.24, 2.45) is 5.92 Å². The van der Waals surface area contributed by atoms with E-state index in [9.17, 15) is 4.79 Å². The Bertz CT molecular complexity index is 341. The zero-order valence-corrected chi connectivity index (χ0v) is 14.3. The molecule has 4 heteroatoms. The van der Waals surface area contributed by atoms with Crippen molar-refractivity contribution in [3.05, 3.63) is 12.2 Å². The summed E-state index contributed by atoms with van der Waals surface area (Å²) < 4.78 is 6.59. The number of nitrogens with zero attached hydrogens (tertiary/aromatic N) is 1. The number of quaternary nitrogens is 1. The van der Waals surface area contributed by atoms with E-state index in [-0.39, 0.29) is 29.9 Å². The van der Waals surface area contributed by atoms with Crippen LogP contribution in [-0.4, -0.2) is 43.2 Å². The SMILES string of the molecule is C=C(C)C(=O)OC[C@H]1CCC[N@@+]2(C)CCCC[C@@H]12.[I-]. The minimum atomic E-state index is -0.231. The van der Waals surface area contributed by atoms with Gasteiger partial charge in [-0.25, -0.2) is 4.79 Å². The van der Waals surface area contributed by atoms with Crippen LogP contribution in [0.4, 0.5) is 0 Å². The molecule has 0 aromatic rings. The first-order chi connectivity index (χ1) is 8.53. The third kappa shape index (κ3) is 3.94. The molecule has 0 aliphatic carbocycles. The molecule has 2 saturated heterocycles. The van der Waals surface area contributed by atoms with E-state index in [1.165, 1.54) is 49.7 Å². The molecule has 0 radical (unpaired) electrons. The largest absolute Gasteiger partial charge is 1.00 e. The molecule has 0 unspecified atom stereocenters. The van der Waals surface area contributed by atoms with Gasteiger partial charge in [-0.2, -0.15) is 0 Å². The van der Waals surface area contributed by atoms with Crippen molar-refractivity contribution in [2.45, 2.75) is 45.1 Å². The molecule has 2 fully saturated rings. The van der Waals surface area contributed by atoms with Crippen LogP contribution in [0.1, 0.15) is 39.0 Å². The average Bonchev–Trinajstić information content (AvgIpc) is 2.34. The first kappa shape index (κ1) is 17.0. The van der Waals surface area contributed by atoms with Gasteiger partial charge in [0.05, 0.1) is 26.2 Å². The number of halogens is 1. The lowest BCUT2D eigenvalue weighted by Gasteiger charge is -2.51. The first-order valence-corrected chi connectivity index (χ1v) is 7.20. The predicted octanol–water partition coefficient (Wildman–Crippen LogP) is -0.481. The Labute approximate surface area is 134 Å². The molecule has 110 valence electrons. The molecule has 0 bridgehead atoms.